The van der Waals surface area contributed by atoms with Gasteiger partial charge in [-0.3, -0.25) is 14.8 Å². The van der Waals surface area contributed by atoms with E-state index in [1.54, 1.807) is 0 Å². The Kier molecular flexibility index (Phi) is 6.53. The van der Waals surface area contributed by atoms with Crippen LogP contribution < -0.4 is 16.6 Å². The number of amides is 1. The number of nitrogen functional groups attached to an aromatic ring is 1. The van der Waals surface area contributed by atoms with E-state index in [4.69, 9.17) is 5.84 Å². The SMILES string of the molecule is CCS(=O)CCNC(=O)c1nc(C(C)C)ncc1NN. The summed E-state index contributed by atoms with van der Waals surface area (Å²) in [7, 11) is -0.906. The van der Waals surface area contributed by atoms with Gasteiger partial charge in [-0.05, 0) is 0 Å². The topological polar surface area (TPSA) is 110 Å². The number of hydrazine groups is 1. The lowest BCUT2D eigenvalue weighted by Gasteiger charge is -2.11. The maximum atomic E-state index is 12.1. The highest BCUT2D eigenvalue weighted by Crippen LogP contribution is 2.15. The van der Waals surface area contributed by atoms with Gasteiger partial charge < -0.3 is 10.7 Å². The molecular formula is C12H21N5O2S. The molecule has 1 unspecified atom stereocenters. The smallest absolute Gasteiger partial charge is 0.272 e. The minimum atomic E-state index is -0.906. The number of aromatic nitrogens is 2. The third kappa shape index (κ3) is 4.53. The fourth-order valence-electron chi connectivity index (χ4n) is 1.46. The van der Waals surface area contributed by atoms with E-state index >= 15 is 0 Å². The van der Waals surface area contributed by atoms with E-state index in [2.05, 4.69) is 20.7 Å². The first-order valence-electron chi connectivity index (χ1n) is 6.46. The molecule has 0 spiro atoms. The Morgan fingerprint density at radius 3 is 2.75 bits per heavy atom. The van der Waals surface area contributed by atoms with E-state index in [9.17, 15) is 9.00 Å². The predicted octanol–water partition coefficient (Wildman–Crippen LogP) is 0.384. The predicted molar refractivity (Wildman–Crippen MR) is 79.8 cm³/mol. The highest BCUT2D eigenvalue weighted by Gasteiger charge is 2.16. The van der Waals surface area contributed by atoms with Crippen LogP contribution in [-0.4, -0.2) is 38.1 Å². The van der Waals surface area contributed by atoms with E-state index in [0.29, 0.717) is 29.6 Å². The summed E-state index contributed by atoms with van der Waals surface area (Å²) >= 11 is 0. The zero-order valence-corrected chi connectivity index (χ0v) is 12.8. The lowest BCUT2D eigenvalue weighted by atomic mass is 10.2. The highest BCUT2D eigenvalue weighted by atomic mass is 32.2. The van der Waals surface area contributed by atoms with Crippen molar-refractivity contribution in [2.45, 2.75) is 26.7 Å². The molecule has 0 fully saturated rings. The molecule has 0 bridgehead atoms. The molecule has 1 rings (SSSR count). The minimum Gasteiger partial charge on any atom is -0.350 e. The molecule has 0 aromatic carbocycles. The Balaban J connectivity index is 2.79. The lowest BCUT2D eigenvalue weighted by molar-refractivity contribution is 0.0951. The van der Waals surface area contributed by atoms with Crippen LogP contribution >= 0.6 is 0 Å². The van der Waals surface area contributed by atoms with Gasteiger partial charge >= 0.3 is 0 Å². The van der Waals surface area contributed by atoms with E-state index in [0.717, 1.165) is 0 Å². The van der Waals surface area contributed by atoms with Crippen molar-refractivity contribution in [3.8, 4) is 0 Å². The van der Waals surface area contributed by atoms with Crippen LogP contribution in [0.15, 0.2) is 6.20 Å². The molecule has 0 saturated heterocycles. The molecule has 4 N–H and O–H groups in total. The fourth-order valence-corrected chi connectivity index (χ4v) is 2.08. The zero-order chi connectivity index (χ0) is 15.1. The summed E-state index contributed by atoms with van der Waals surface area (Å²) in [6.45, 7) is 6.06. The number of nitrogens with zero attached hydrogens (tertiary/aromatic N) is 2. The van der Waals surface area contributed by atoms with Gasteiger partial charge in [0.2, 0.25) is 0 Å². The van der Waals surface area contributed by atoms with Gasteiger partial charge in [-0.2, -0.15) is 0 Å². The molecule has 112 valence electrons. The monoisotopic (exact) mass is 299 g/mol. The normalized spacial score (nSPS) is 12.2. The third-order valence-electron chi connectivity index (χ3n) is 2.63. The molecule has 0 aliphatic rings. The van der Waals surface area contributed by atoms with E-state index in [-0.39, 0.29) is 17.5 Å². The molecule has 1 heterocycles. The van der Waals surface area contributed by atoms with Crippen LogP contribution in [0.5, 0.6) is 0 Å². The number of carbonyl (C=O) groups is 1. The van der Waals surface area contributed by atoms with Gasteiger partial charge in [0.25, 0.3) is 5.91 Å². The van der Waals surface area contributed by atoms with Gasteiger partial charge in [-0.25, -0.2) is 9.97 Å². The second-order valence-electron chi connectivity index (χ2n) is 4.48. The molecule has 0 aliphatic carbocycles. The molecular weight excluding hydrogens is 278 g/mol. The van der Waals surface area contributed by atoms with Crippen LogP contribution in [0.1, 0.15) is 43.0 Å². The Bertz CT molecular complexity index is 493. The van der Waals surface area contributed by atoms with Gasteiger partial charge in [0.15, 0.2) is 5.69 Å². The van der Waals surface area contributed by atoms with Gasteiger partial charge in [-0.1, -0.05) is 20.8 Å². The standard InChI is InChI=1S/C12H21N5O2S/c1-4-20(19)6-5-14-12(18)10-9(17-13)7-15-11(16-10)8(2)3/h7-8,17H,4-6,13H2,1-3H3,(H,14,18). The first-order valence-corrected chi connectivity index (χ1v) is 7.95. The number of rotatable bonds is 7. The average Bonchev–Trinajstić information content (AvgIpc) is 2.45. The van der Waals surface area contributed by atoms with Crippen LogP contribution in [0.2, 0.25) is 0 Å². The van der Waals surface area contributed by atoms with Crippen molar-refractivity contribution in [3.05, 3.63) is 17.7 Å². The summed E-state index contributed by atoms with van der Waals surface area (Å²) in [5, 5.41) is 2.69. The second-order valence-corrected chi connectivity index (χ2v) is 6.34. The minimum absolute atomic E-state index is 0.112. The molecule has 1 atom stereocenters. The van der Waals surface area contributed by atoms with Crippen LogP contribution in [0, 0.1) is 0 Å². The zero-order valence-electron chi connectivity index (χ0n) is 12.0. The Morgan fingerprint density at radius 1 is 1.50 bits per heavy atom. The van der Waals surface area contributed by atoms with Gasteiger partial charge in [-0.15, -0.1) is 0 Å². The van der Waals surface area contributed by atoms with Crippen LogP contribution in [-0.2, 0) is 10.8 Å². The summed E-state index contributed by atoms with van der Waals surface area (Å²) in [5.74, 6) is 6.70. The summed E-state index contributed by atoms with van der Waals surface area (Å²) < 4.78 is 11.3. The van der Waals surface area contributed by atoms with Crippen molar-refractivity contribution in [1.82, 2.24) is 15.3 Å². The Morgan fingerprint density at radius 2 is 2.20 bits per heavy atom. The number of nitrogens with one attached hydrogen (secondary N) is 2. The van der Waals surface area contributed by atoms with Gasteiger partial charge in [0.05, 0.1) is 11.9 Å². The average molecular weight is 299 g/mol. The number of hydrogen-bond acceptors (Lipinski definition) is 6. The van der Waals surface area contributed by atoms with Crippen LogP contribution in [0.25, 0.3) is 0 Å². The van der Waals surface area contributed by atoms with E-state index < -0.39 is 10.8 Å². The molecule has 8 heteroatoms. The highest BCUT2D eigenvalue weighted by molar-refractivity contribution is 7.84. The molecule has 0 aliphatic heterocycles. The second kappa shape index (κ2) is 7.91. The molecule has 1 aromatic rings. The lowest BCUT2D eigenvalue weighted by Crippen LogP contribution is -2.30. The fraction of sp³-hybridized carbons (Fsp3) is 0.583. The third-order valence-corrected chi connectivity index (χ3v) is 3.94. The summed E-state index contributed by atoms with van der Waals surface area (Å²) in [6, 6.07) is 0. The summed E-state index contributed by atoms with van der Waals surface area (Å²) in [4.78, 5) is 20.4. The molecule has 1 aromatic heterocycles. The van der Waals surface area contributed by atoms with Crippen molar-refractivity contribution < 1.29 is 9.00 Å². The van der Waals surface area contributed by atoms with Gasteiger partial charge in [0, 0.05) is 34.8 Å². The maximum Gasteiger partial charge on any atom is 0.272 e. The quantitative estimate of drug-likeness (QED) is 0.496. The molecule has 0 saturated carbocycles. The first kappa shape index (κ1) is 16.5. The number of hydrogen-bond donors (Lipinski definition) is 3. The number of nitrogens with two attached hydrogens (primary N) is 1. The van der Waals surface area contributed by atoms with Crippen molar-refractivity contribution in [2.75, 3.05) is 23.5 Å². The van der Waals surface area contributed by atoms with Gasteiger partial charge in [0.1, 0.15) is 5.82 Å². The number of carbonyl (C=O) groups excluding carboxylic acids is 1. The van der Waals surface area contributed by atoms with E-state index in [1.165, 1.54) is 6.20 Å². The maximum absolute atomic E-state index is 12.1. The van der Waals surface area contributed by atoms with Crippen LogP contribution in [0.3, 0.4) is 0 Å². The Hall–Kier alpha value is -1.54. The first-order chi connectivity index (χ1) is 9.49. The van der Waals surface area contributed by atoms with Crippen LogP contribution in [0.4, 0.5) is 5.69 Å². The molecule has 0 radical (unpaired) electrons. The number of anilines is 1. The van der Waals surface area contributed by atoms with Crippen molar-refractivity contribution in [3.63, 3.8) is 0 Å². The summed E-state index contributed by atoms with van der Waals surface area (Å²) in [5.41, 5.74) is 2.97. The van der Waals surface area contributed by atoms with Crippen molar-refractivity contribution in [1.29, 1.82) is 0 Å². The molecule has 7 nitrogen and oxygen atoms in total. The summed E-state index contributed by atoms with van der Waals surface area (Å²) in [6.07, 6.45) is 1.49. The molecule has 20 heavy (non-hydrogen) atoms. The Labute approximate surface area is 121 Å². The van der Waals surface area contributed by atoms with E-state index in [1.807, 2.05) is 20.8 Å². The van der Waals surface area contributed by atoms with Crippen molar-refractivity contribution >= 4 is 22.4 Å². The van der Waals surface area contributed by atoms with Crippen molar-refractivity contribution in [2.24, 2.45) is 5.84 Å². The largest absolute Gasteiger partial charge is 0.350 e. The molecule has 1 amide bonds.